The summed E-state index contributed by atoms with van der Waals surface area (Å²) in [6.07, 6.45) is 0.145. The van der Waals surface area contributed by atoms with Crippen LogP contribution >= 0.6 is 11.3 Å². The molecule has 1 aromatic heterocycles. The summed E-state index contributed by atoms with van der Waals surface area (Å²) < 4.78 is 10.5. The van der Waals surface area contributed by atoms with Gasteiger partial charge >= 0.3 is 6.09 Å². The fourth-order valence-corrected chi connectivity index (χ4v) is 2.73. The molecule has 1 aliphatic rings. The molecule has 0 saturated carbocycles. The van der Waals surface area contributed by atoms with E-state index < -0.39 is 11.7 Å². The van der Waals surface area contributed by atoms with E-state index in [1.165, 1.54) is 0 Å². The Bertz CT molecular complexity index is 577. The van der Waals surface area contributed by atoms with Gasteiger partial charge in [-0.1, -0.05) is 5.92 Å². The Labute approximate surface area is 141 Å². The van der Waals surface area contributed by atoms with Gasteiger partial charge in [-0.25, -0.2) is 9.78 Å². The molecular weight excluding hydrogens is 314 g/mol. The van der Waals surface area contributed by atoms with Gasteiger partial charge in [-0.3, -0.25) is 0 Å². The fourth-order valence-electron chi connectivity index (χ4n) is 1.92. The van der Waals surface area contributed by atoms with Crippen molar-refractivity contribution >= 4 is 22.6 Å². The summed E-state index contributed by atoms with van der Waals surface area (Å²) in [5, 5.41) is 5.63. The van der Waals surface area contributed by atoms with Crippen LogP contribution in [0.1, 0.15) is 32.9 Å². The number of morpholine rings is 1. The Morgan fingerprint density at radius 1 is 1.48 bits per heavy atom. The summed E-state index contributed by atoms with van der Waals surface area (Å²) in [4.78, 5) is 18.2. The van der Waals surface area contributed by atoms with Crippen LogP contribution in [-0.2, 0) is 9.47 Å². The molecule has 1 saturated heterocycles. The number of alkyl carbamates (subject to hydrolysis) is 1. The first-order chi connectivity index (χ1) is 10.9. The highest BCUT2D eigenvalue weighted by Gasteiger charge is 2.15. The highest BCUT2D eigenvalue weighted by atomic mass is 32.1. The number of ether oxygens (including phenoxy) is 2. The van der Waals surface area contributed by atoms with Gasteiger partial charge in [0.1, 0.15) is 11.3 Å². The summed E-state index contributed by atoms with van der Waals surface area (Å²) in [5.74, 6) is 6.04. The average Bonchev–Trinajstić information content (AvgIpc) is 2.95. The Hall–Kier alpha value is -1.78. The Kier molecular flexibility index (Phi) is 6.25. The van der Waals surface area contributed by atoms with E-state index in [0.717, 1.165) is 37.1 Å². The van der Waals surface area contributed by atoms with E-state index >= 15 is 0 Å². The maximum absolute atomic E-state index is 11.5. The molecule has 7 heteroatoms. The first kappa shape index (κ1) is 17.6. The summed E-state index contributed by atoms with van der Waals surface area (Å²) >= 11 is 1.60. The van der Waals surface area contributed by atoms with Gasteiger partial charge in [-0.2, -0.15) is 0 Å². The van der Waals surface area contributed by atoms with Crippen LogP contribution < -0.4 is 10.2 Å². The number of hydrogen-bond donors (Lipinski definition) is 1. The molecule has 0 unspecified atom stereocenters. The van der Waals surface area contributed by atoms with E-state index in [1.54, 1.807) is 11.3 Å². The first-order valence-electron chi connectivity index (χ1n) is 7.68. The van der Waals surface area contributed by atoms with Crippen molar-refractivity contribution in [2.45, 2.75) is 32.8 Å². The highest BCUT2D eigenvalue weighted by Crippen LogP contribution is 2.20. The summed E-state index contributed by atoms with van der Waals surface area (Å²) in [6, 6.07) is 0. The number of thiazole rings is 1. The molecule has 2 heterocycles. The molecule has 0 atom stereocenters. The molecule has 23 heavy (non-hydrogen) atoms. The molecule has 1 aromatic rings. The molecule has 0 bridgehead atoms. The van der Waals surface area contributed by atoms with Crippen LogP contribution in [0, 0.1) is 11.8 Å². The Morgan fingerprint density at radius 3 is 2.91 bits per heavy atom. The van der Waals surface area contributed by atoms with Crippen molar-refractivity contribution in [3.63, 3.8) is 0 Å². The molecule has 2 rings (SSSR count). The quantitative estimate of drug-likeness (QED) is 0.677. The topological polar surface area (TPSA) is 63.7 Å². The van der Waals surface area contributed by atoms with Crippen LogP contribution in [0.15, 0.2) is 5.38 Å². The number of anilines is 1. The number of nitrogens with zero attached hydrogens (tertiary/aromatic N) is 2. The number of carbonyl (C=O) groups excluding carboxylic acids is 1. The molecule has 6 nitrogen and oxygen atoms in total. The zero-order valence-corrected chi connectivity index (χ0v) is 14.7. The van der Waals surface area contributed by atoms with Crippen LogP contribution in [0.4, 0.5) is 9.93 Å². The van der Waals surface area contributed by atoms with Crippen molar-refractivity contribution in [1.82, 2.24) is 10.3 Å². The number of rotatable bonds is 3. The normalized spacial score (nSPS) is 14.8. The van der Waals surface area contributed by atoms with Gasteiger partial charge in [0, 0.05) is 31.4 Å². The second kappa shape index (κ2) is 8.18. The summed E-state index contributed by atoms with van der Waals surface area (Å²) in [5.41, 5.74) is 0.292. The summed E-state index contributed by atoms with van der Waals surface area (Å²) in [7, 11) is 0. The minimum Gasteiger partial charge on any atom is -0.444 e. The van der Waals surface area contributed by atoms with E-state index in [0.29, 0.717) is 13.0 Å². The standard InChI is InChI=1S/C16H23N3O3S/c1-16(2,3)22-15(20)17-7-5-4-6-13-12-23-14(18-13)19-8-10-21-11-9-19/h12H,5,7-11H2,1-3H3,(H,17,20). The molecule has 0 aromatic carbocycles. The average molecular weight is 337 g/mol. The lowest BCUT2D eigenvalue weighted by Gasteiger charge is -2.25. The third-order valence-corrected chi connectivity index (χ3v) is 3.81. The van der Waals surface area contributed by atoms with Gasteiger partial charge in [0.25, 0.3) is 0 Å². The van der Waals surface area contributed by atoms with Gasteiger partial charge in [-0.05, 0) is 26.7 Å². The highest BCUT2D eigenvalue weighted by molar-refractivity contribution is 7.13. The van der Waals surface area contributed by atoms with Crippen LogP contribution in [0.3, 0.4) is 0 Å². The summed E-state index contributed by atoms with van der Waals surface area (Å²) in [6.45, 7) is 9.21. The molecule has 1 fully saturated rings. The maximum atomic E-state index is 11.5. The lowest BCUT2D eigenvalue weighted by atomic mass is 10.2. The first-order valence-corrected chi connectivity index (χ1v) is 8.56. The zero-order valence-electron chi connectivity index (χ0n) is 13.8. The van der Waals surface area contributed by atoms with Crippen molar-refractivity contribution in [2.24, 2.45) is 0 Å². The van der Waals surface area contributed by atoms with Crippen LogP contribution in [0.2, 0.25) is 0 Å². The van der Waals surface area contributed by atoms with Crippen LogP contribution in [0.25, 0.3) is 0 Å². The number of carbonyl (C=O) groups is 1. The fraction of sp³-hybridized carbons (Fsp3) is 0.625. The maximum Gasteiger partial charge on any atom is 0.407 e. The molecular formula is C16H23N3O3S. The van der Waals surface area contributed by atoms with E-state index in [-0.39, 0.29) is 0 Å². The number of amides is 1. The smallest absolute Gasteiger partial charge is 0.407 e. The van der Waals surface area contributed by atoms with Gasteiger partial charge in [0.15, 0.2) is 5.13 Å². The van der Waals surface area contributed by atoms with Crippen molar-refractivity contribution < 1.29 is 14.3 Å². The lowest BCUT2D eigenvalue weighted by Crippen LogP contribution is -2.36. The van der Waals surface area contributed by atoms with E-state index in [9.17, 15) is 4.79 Å². The Morgan fingerprint density at radius 2 is 2.22 bits per heavy atom. The number of aromatic nitrogens is 1. The van der Waals surface area contributed by atoms with Crippen molar-refractivity contribution in [2.75, 3.05) is 37.7 Å². The van der Waals surface area contributed by atoms with Crippen LogP contribution in [0.5, 0.6) is 0 Å². The van der Waals surface area contributed by atoms with Gasteiger partial charge in [0.2, 0.25) is 0 Å². The third kappa shape index (κ3) is 6.47. The van der Waals surface area contributed by atoms with Crippen LogP contribution in [-0.4, -0.2) is 49.5 Å². The van der Waals surface area contributed by atoms with E-state index in [1.807, 2.05) is 26.2 Å². The molecule has 1 aliphatic heterocycles. The minimum absolute atomic E-state index is 0.414. The zero-order chi connectivity index (χ0) is 16.7. The second-order valence-corrected chi connectivity index (χ2v) is 6.93. The lowest BCUT2D eigenvalue weighted by molar-refractivity contribution is 0.0529. The third-order valence-electron chi connectivity index (χ3n) is 2.91. The molecule has 0 spiro atoms. The van der Waals surface area contributed by atoms with Crippen molar-refractivity contribution in [3.05, 3.63) is 11.1 Å². The molecule has 1 N–H and O–H groups in total. The van der Waals surface area contributed by atoms with E-state index in [2.05, 4.69) is 27.0 Å². The monoisotopic (exact) mass is 337 g/mol. The molecule has 126 valence electrons. The van der Waals surface area contributed by atoms with Crippen molar-refractivity contribution in [3.8, 4) is 11.8 Å². The van der Waals surface area contributed by atoms with Crippen molar-refractivity contribution in [1.29, 1.82) is 0 Å². The van der Waals surface area contributed by atoms with Gasteiger partial charge < -0.3 is 19.7 Å². The van der Waals surface area contributed by atoms with Gasteiger partial charge in [-0.15, -0.1) is 11.3 Å². The SMILES string of the molecule is CC(C)(C)OC(=O)NCCC#Cc1csc(N2CCOCC2)n1. The second-order valence-electron chi connectivity index (χ2n) is 6.10. The number of hydrogen-bond acceptors (Lipinski definition) is 6. The van der Waals surface area contributed by atoms with Gasteiger partial charge in [0.05, 0.1) is 13.2 Å². The minimum atomic E-state index is -0.480. The molecule has 1 amide bonds. The molecule has 0 radical (unpaired) electrons. The molecule has 0 aliphatic carbocycles. The Balaban J connectivity index is 1.72. The predicted octanol–water partition coefficient (Wildman–Crippen LogP) is 2.25. The van der Waals surface area contributed by atoms with E-state index in [4.69, 9.17) is 9.47 Å². The predicted molar refractivity (Wildman–Crippen MR) is 90.9 cm³/mol. The number of nitrogens with one attached hydrogen (secondary N) is 1. The largest absolute Gasteiger partial charge is 0.444 e.